The summed E-state index contributed by atoms with van der Waals surface area (Å²) in [5.41, 5.74) is 7.09. The highest BCUT2D eigenvalue weighted by Crippen LogP contribution is 2.26. The predicted octanol–water partition coefficient (Wildman–Crippen LogP) is 5.58. The van der Waals surface area contributed by atoms with Crippen LogP contribution in [0, 0.1) is 13.8 Å². The molecule has 128 valence electrons. The Labute approximate surface area is 153 Å². The van der Waals surface area contributed by atoms with E-state index < -0.39 is 0 Å². The van der Waals surface area contributed by atoms with E-state index in [-0.39, 0.29) is 0 Å². The van der Waals surface area contributed by atoms with Gasteiger partial charge in [-0.3, -0.25) is 0 Å². The number of fused-ring (bicyclic) bond motifs is 1. The molecule has 1 heterocycles. The molecule has 3 nitrogen and oxygen atoms in total. The molecule has 3 heteroatoms. The summed E-state index contributed by atoms with van der Waals surface area (Å²) in [6.07, 6.45) is 2.55. The van der Waals surface area contributed by atoms with Gasteiger partial charge >= 0.3 is 0 Å². The Balaban J connectivity index is 1.58. The van der Waals surface area contributed by atoms with Crippen molar-refractivity contribution in [1.29, 1.82) is 0 Å². The summed E-state index contributed by atoms with van der Waals surface area (Å²) >= 11 is 0. The fraction of sp³-hybridized carbons (Fsp3) is 0.130. The SMILES string of the molecule is Cc1cc2ncnc(Nc3ccc(Cc4ccccc4)cc3)c2cc1C. The molecule has 0 fully saturated rings. The van der Waals surface area contributed by atoms with Crippen molar-refractivity contribution in [3.63, 3.8) is 0 Å². The lowest BCUT2D eigenvalue weighted by atomic mass is 10.0. The molecule has 0 atom stereocenters. The maximum atomic E-state index is 4.44. The maximum absolute atomic E-state index is 4.44. The second-order valence-corrected chi connectivity index (χ2v) is 6.66. The molecule has 0 unspecified atom stereocenters. The number of hydrogen-bond acceptors (Lipinski definition) is 3. The molecule has 0 saturated heterocycles. The van der Waals surface area contributed by atoms with Crippen molar-refractivity contribution in [3.05, 3.63) is 95.3 Å². The molecule has 0 aliphatic rings. The molecule has 0 aliphatic heterocycles. The fourth-order valence-electron chi connectivity index (χ4n) is 3.09. The first-order valence-corrected chi connectivity index (χ1v) is 8.81. The normalized spacial score (nSPS) is 10.8. The Morgan fingerprint density at radius 1 is 0.769 bits per heavy atom. The molecule has 4 rings (SSSR count). The topological polar surface area (TPSA) is 37.8 Å². The summed E-state index contributed by atoms with van der Waals surface area (Å²) in [5, 5.41) is 4.48. The van der Waals surface area contributed by atoms with Crippen LogP contribution in [0.4, 0.5) is 11.5 Å². The average molecular weight is 339 g/mol. The minimum absolute atomic E-state index is 0.842. The van der Waals surface area contributed by atoms with Crippen molar-refractivity contribution in [2.45, 2.75) is 20.3 Å². The summed E-state index contributed by atoms with van der Waals surface area (Å²) in [5.74, 6) is 0.842. The number of nitrogens with one attached hydrogen (secondary N) is 1. The molecule has 26 heavy (non-hydrogen) atoms. The van der Waals surface area contributed by atoms with Crippen molar-refractivity contribution in [2.24, 2.45) is 0 Å². The van der Waals surface area contributed by atoms with Gasteiger partial charge in [-0.25, -0.2) is 9.97 Å². The summed E-state index contributed by atoms with van der Waals surface area (Å²) in [6, 6.07) is 23.3. The van der Waals surface area contributed by atoms with Crippen LogP contribution in [-0.2, 0) is 6.42 Å². The summed E-state index contributed by atoms with van der Waals surface area (Å²) in [6.45, 7) is 4.22. The maximum Gasteiger partial charge on any atom is 0.141 e. The van der Waals surface area contributed by atoms with Gasteiger partial charge in [0.2, 0.25) is 0 Å². The van der Waals surface area contributed by atoms with Crippen LogP contribution in [0.5, 0.6) is 0 Å². The van der Waals surface area contributed by atoms with Gasteiger partial charge in [0.05, 0.1) is 5.52 Å². The molecule has 0 aliphatic carbocycles. The van der Waals surface area contributed by atoms with Gasteiger partial charge in [0.1, 0.15) is 12.1 Å². The molecule has 4 aromatic rings. The van der Waals surface area contributed by atoms with Gasteiger partial charge in [-0.1, -0.05) is 42.5 Å². The van der Waals surface area contributed by atoms with Gasteiger partial charge in [-0.2, -0.15) is 0 Å². The average Bonchev–Trinajstić information content (AvgIpc) is 2.66. The number of nitrogens with zero attached hydrogens (tertiary/aromatic N) is 2. The van der Waals surface area contributed by atoms with Crippen LogP contribution in [0.15, 0.2) is 73.1 Å². The van der Waals surface area contributed by atoms with E-state index in [1.165, 1.54) is 22.3 Å². The third-order valence-electron chi connectivity index (χ3n) is 4.72. The van der Waals surface area contributed by atoms with Crippen LogP contribution in [-0.4, -0.2) is 9.97 Å². The largest absolute Gasteiger partial charge is 0.340 e. The zero-order chi connectivity index (χ0) is 17.9. The van der Waals surface area contributed by atoms with Crippen molar-refractivity contribution in [2.75, 3.05) is 5.32 Å². The Morgan fingerprint density at radius 2 is 1.46 bits per heavy atom. The van der Waals surface area contributed by atoms with Crippen LogP contribution in [0.25, 0.3) is 10.9 Å². The standard InChI is InChI=1S/C23H21N3/c1-16-12-21-22(13-17(16)2)24-15-25-23(21)26-20-10-8-19(9-11-20)14-18-6-4-3-5-7-18/h3-13,15H,14H2,1-2H3,(H,24,25,26). The second kappa shape index (κ2) is 6.96. The summed E-state index contributed by atoms with van der Waals surface area (Å²) in [4.78, 5) is 8.84. The third kappa shape index (κ3) is 3.42. The van der Waals surface area contributed by atoms with Crippen LogP contribution < -0.4 is 5.32 Å². The number of rotatable bonds is 4. The Hall–Kier alpha value is -3.20. The number of hydrogen-bond donors (Lipinski definition) is 1. The lowest BCUT2D eigenvalue weighted by molar-refractivity contribution is 1.19. The molecule has 0 saturated carbocycles. The van der Waals surface area contributed by atoms with E-state index in [1.54, 1.807) is 6.33 Å². The zero-order valence-corrected chi connectivity index (χ0v) is 15.0. The first kappa shape index (κ1) is 16.3. The Morgan fingerprint density at radius 3 is 2.23 bits per heavy atom. The second-order valence-electron chi connectivity index (χ2n) is 6.66. The Kier molecular flexibility index (Phi) is 4.36. The molecule has 3 aromatic carbocycles. The lowest BCUT2D eigenvalue weighted by Crippen LogP contribution is -1.97. The predicted molar refractivity (Wildman–Crippen MR) is 108 cm³/mol. The van der Waals surface area contributed by atoms with Gasteiger partial charge in [0.25, 0.3) is 0 Å². The van der Waals surface area contributed by atoms with E-state index in [4.69, 9.17) is 0 Å². The third-order valence-corrected chi connectivity index (χ3v) is 4.72. The quantitative estimate of drug-likeness (QED) is 0.527. The highest BCUT2D eigenvalue weighted by molar-refractivity contribution is 5.91. The van der Waals surface area contributed by atoms with E-state index in [0.717, 1.165) is 28.8 Å². The Bertz CT molecular complexity index is 1040. The van der Waals surface area contributed by atoms with Crippen LogP contribution in [0.1, 0.15) is 22.3 Å². The van der Waals surface area contributed by atoms with E-state index >= 15 is 0 Å². The smallest absolute Gasteiger partial charge is 0.141 e. The summed E-state index contributed by atoms with van der Waals surface area (Å²) in [7, 11) is 0. The molecule has 0 amide bonds. The molecular formula is C23H21N3. The van der Waals surface area contributed by atoms with E-state index in [2.05, 4.69) is 89.8 Å². The van der Waals surface area contributed by atoms with Crippen LogP contribution in [0.2, 0.25) is 0 Å². The first-order valence-electron chi connectivity index (χ1n) is 8.81. The van der Waals surface area contributed by atoms with Crippen molar-refractivity contribution in [3.8, 4) is 0 Å². The fourth-order valence-corrected chi connectivity index (χ4v) is 3.09. The van der Waals surface area contributed by atoms with Crippen molar-refractivity contribution < 1.29 is 0 Å². The molecule has 0 bridgehead atoms. The molecule has 1 N–H and O–H groups in total. The van der Waals surface area contributed by atoms with E-state index in [9.17, 15) is 0 Å². The van der Waals surface area contributed by atoms with E-state index in [0.29, 0.717) is 0 Å². The number of aryl methyl sites for hydroxylation is 2. The van der Waals surface area contributed by atoms with E-state index in [1.807, 2.05) is 6.07 Å². The summed E-state index contributed by atoms with van der Waals surface area (Å²) < 4.78 is 0. The van der Waals surface area contributed by atoms with Gasteiger partial charge in [0, 0.05) is 11.1 Å². The highest BCUT2D eigenvalue weighted by atomic mass is 15.0. The highest BCUT2D eigenvalue weighted by Gasteiger charge is 2.06. The van der Waals surface area contributed by atoms with Crippen LogP contribution in [0.3, 0.4) is 0 Å². The first-order chi connectivity index (χ1) is 12.7. The van der Waals surface area contributed by atoms with Crippen molar-refractivity contribution in [1.82, 2.24) is 9.97 Å². The minimum Gasteiger partial charge on any atom is -0.340 e. The molecule has 0 radical (unpaired) electrons. The number of aromatic nitrogens is 2. The molecule has 1 aromatic heterocycles. The van der Waals surface area contributed by atoms with Gasteiger partial charge in [-0.05, 0) is 66.8 Å². The molecular weight excluding hydrogens is 318 g/mol. The van der Waals surface area contributed by atoms with Gasteiger partial charge < -0.3 is 5.32 Å². The number of benzene rings is 3. The minimum atomic E-state index is 0.842. The van der Waals surface area contributed by atoms with Gasteiger partial charge in [-0.15, -0.1) is 0 Å². The lowest BCUT2D eigenvalue weighted by Gasteiger charge is -2.11. The molecule has 0 spiro atoms. The monoisotopic (exact) mass is 339 g/mol. The zero-order valence-electron chi connectivity index (χ0n) is 15.0. The van der Waals surface area contributed by atoms with Crippen molar-refractivity contribution >= 4 is 22.4 Å². The van der Waals surface area contributed by atoms with Gasteiger partial charge in [0.15, 0.2) is 0 Å². The van der Waals surface area contributed by atoms with Crippen LogP contribution >= 0.6 is 0 Å². The number of anilines is 2.